The van der Waals surface area contributed by atoms with Gasteiger partial charge in [0.25, 0.3) is 0 Å². The molecule has 17 heavy (non-hydrogen) atoms. The molecule has 0 spiro atoms. The Labute approximate surface area is 103 Å². The van der Waals surface area contributed by atoms with Crippen LogP contribution in [0.4, 0.5) is 4.79 Å². The number of hydrogen-bond acceptors (Lipinski definition) is 3. The molecule has 1 aliphatic rings. The fraction of sp³-hybridized carbons (Fsp3) is 0.769. The first-order valence-corrected chi connectivity index (χ1v) is 6.13. The van der Waals surface area contributed by atoms with Crippen molar-refractivity contribution in [3.8, 4) is 0 Å². The molecule has 1 amide bonds. The third-order valence-corrected chi connectivity index (χ3v) is 2.76. The molecule has 1 heterocycles. The van der Waals surface area contributed by atoms with Gasteiger partial charge in [-0.05, 0) is 27.2 Å². The molecule has 0 aromatic heterocycles. The minimum atomic E-state index is -0.668. The van der Waals surface area contributed by atoms with Crippen LogP contribution in [0.3, 0.4) is 0 Å². The van der Waals surface area contributed by atoms with Crippen molar-refractivity contribution in [3.63, 3.8) is 0 Å². The highest BCUT2D eigenvalue weighted by atomic mass is 16.6. The Morgan fingerprint density at radius 1 is 1.59 bits per heavy atom. The van der Waals surface area contributed by atoms with E-state index in [9.17, 15) is 9.90 Å². The molecule has 0 bridgehead atoms. The summed E-state index contributed by atoms with van der Waals surface area (Å²) >= 11 is 0. The Hall–Kier alpha value is -1.03. The quantitative estimate of drug-likeness (QED) is 0.607. The monoisotopic (exact) mass is 241 g/mol. The highest BCUT2D eigenvalue weighted by molar-refractivity contribution is 5.72. The molecule has 0 unspecified atom stereocenters. The van der Waals surface area contributed by atoms with Crippen LogP contribution in [0.2, 0.25) is 0 Å². The maximum atomic E-state index is 11.9. The predicted molar refractivity (Wildman–Crippen MR) is 66.8 cm³/mol. The van der Waals surface area contributed by atoms with Crippen LogP contribution in [0.1, 0.15) is 40.5 Å². The van der Waals surface area contributed by atoms with Crippen molar-refractivity contribution in [3.05, 3.63) is 12.7 Å². The normalized spacial score (nSPS) is 25.4. The second-order valence-electron chi connectivity index (χ2n) is 5.46. The number of aliphatic hydroxyl groups excluding tert-OH is 1. The van der Waals surface area contributed by atoms with E-state index in [1.165, 1.54) is 6.08 Å². The van der Waals surface area contributed by atoms with Crippen molar-refractivity contribution in [2.75, 3.05) is 0 Å². The van der Waals surface area contributed by atoms with Crippen LogP contribution in [0.25, 0.3) is 0 Å². The summed E-state index contributed by atoms with van der Waals surface area (Å²) < 4.78 is 5.30. The fourth-order valence-electron chi connectivity index (χ4n) is 2.01. The van der Waals surface area contributed by atoms with Gasteiger partial charge in [0.05, 0.1) is 18.2 Å². The Morgan fingerprint density at radius 3 is 2.59 bits per heavy atom. The van der Waals surface area contributed by atoms with Gasteiger partial charge in [-0.25, -0.2) is 4.79 Å². The third-order valence-electron chi connectivity index (χ3n) is 2.76. The molecule has 1 N–H and O–H groups in total. The maximum absolute atomic E-state index is 11.9. The van der Waals surface area contributed by atoms with Gasteiger partial charge in [-0.2, -0.15) is 0 Å². The fourth-order valence-corrected chi connectivity index (χ4v) is 2.01. The Bertz CT molecular complexity index is 296. The number of hydrogen-bond donors (Lipinski definition) is 1. The van der Waals surface area contributed by atoms with E-state index in [4.69, 9.17) is 4.74 Å². The van der Waals surface area contributed by atoms with Crippen LogP contribution in [0.15, 0.2) is 12.7 Å². The summed E-state index contributed by atoms with van der Waals surface area (Å²) in [6, 6.07) is -0.0786. The summed E-state index contributed by atoms with van der Waals surface area (Å²) in [5.74, 6) is 0. The lowest BCUT2D eigenvalue weighted by Gasteiger charge is -2.20. The first kappa shape index (κ1) is 14.0. The molecule has 3 atom stereocenters. The van der Waals surface area contributed by atoms with E-state index < -0.39 is 11.7 Å². The zero-order chi connectivity index (χ0) is 13.2. The van der Waals surface area contributed by atoms with Gasteiger partial charge in [-0.1, -0.05) is 19.4 Å². The molecule has 1 fully saturated rings. The van der Waals surface area contributed by atoms with Gasteiger partial charge in [-0.3, -0.25) is 4.90 Å². The Morgan fingerprint density at radius 2 is 2.18 bits per heavy atom. The van der Waals surface area contributed by atoms with E-state index in [-0.39, 0.29) is 18.2 Å². The van der Waals surface area contributed by atoms with Crippen LogP contribution in [0, 0.1) is 0 Å². The molecule has 0 aromatic carbocycles. The number of carbonyl (C=O) groups excluding carboxylic acids is 1. The van der Waals surface area contributed by atoms with E-state index in [1.54, 1.807) is 4.90 Å². The highest BCUT2D eigenvalue weighted by Gasteiger charge is 2.54. The largest absolute Gasteiger partial charge is 0.444 e. The molecule has 1 saturated heterocycles. The number of aliphatic hydroxyl groups is 1. The van der Waals surface area contributed by atoms with Gasteiger partial charge < -0.3 is 9.84 Å². The second kappa shape index (κ2) is 5.08. The lowest BCUT2D eigenvalue weighted by molar-refractivity contribution is 0.0369. The molecule has 1 rings (SSSR count). The SMILES string of the molecule is C=C[C@@H](O)[C@H]1[C@H](CCC)N1C(=O)OC(C)(C)C. The molecular formula is C13H23NO3. The standard InChI is InChI=1S/C13H23NO3/c1-6-8-9-11(10(15)7-2)14(9)12(16)17-13(3,4)5/h7,9-11,15H,2,6,8H2,1,3-5H3/t9-,10+,11+,14?/m0/s1. The second-order valence-corrected chi connectivity index (χ2v) is 5.46. The highest BCUT2D eigenvalue weighted by Crippen LogP contribution is 2.36. The van der Waals surface area contributed by atoms with Crippen LogP contribution in [0.5, 0.6) is 0 Å². The van der Waals surface area contributed by atoms with Crippen molar-refractivity contribution in [1.29, 1.82) is 0 Å². The predicted octanol–water partition coefficient (Wildman–Crippen LogP) is 2.32. The van der Waals surface area contributed by atoms with Crippen LogP contribution >= 0.6 is 0 Å². The molecule has 0 aromatic rings. The van der Waals surface area contributed by atoms with Gasteiger partial charge in [0.1, 0.15) is 5.60 Å². The summed E-state index contributed by atoms with van der Waals surface area (Å²) in [6.07, 6.45) is 2.32. The Kier molecular flexibility index (Phi) is 4.20. The van der Waals surface area contributed by atoms with E-state index in [0.29, 0.717) is 0 Å². The van der Waals surface area contributed by atoms with Crippen LogP contribution in [-0.2, 0) is 4.74 Å². The molecule has 1 aliphatic heterocycles. The average Bonchev–Trinajstić information content (AvgIpc) is 2.89. The summed E-state index contributed by atoms with van der Waals surface area (Å²) in [5.41, 5.74) is -0.500. The third kappa shape index (κ3) is 3.46. The number of rotatable bonds is 4. The molecule has 0 radical (unpaired) electrons. The van der Waals surface area contributed by atoms with Crippen LogP contribution in [-0.4, -0.2) is 39.9 Å². The summed E-state index contributed by atoms with van der Waals surface area (Å²) in [5, 5.41) is 9.74. The lowest BCUT2D eigenvalue weighted by atomic mass is 10.1. The van der Waals surface area contributed by atoms with Gasteiger partial charge >= 0.3 is 6.09 Å². The molecule has 0 saturated carbocycles. The van der Waals surface area contributed by atoms with E-state index in [0.717, 1.165) is 12.8 Å². The lowest BCUT2D eigenvalue weighted by Crippen LogP contribution is -2.29. The minimum Gasteiger partial charge on any atom is -0.444 e. The van der Waals surface area contributed by atoms with Crippen LogP contribution < -0.4 is 0 Å². The van der Waals surface area contributed by atoms with Crippen molar-refractivity contribution in [1.82, 2.24) is 4.90 Å². The Balaban J connectivity index is 2.63. The van der Waals surface area contributed by atoms with E-state index in [1.807, 2.05) is 20.8 Å². The van der Waals surface area contributed by atoms with Crippen molar-refractivity contribution in [2.45, 2.75) is 64.3 Å². The van der Waals surface area contributed by atoms with E-state index >= 15 is 0 Å². The zero-order valence-corrected chi connectivity index (χ0v) is 11.1. The molecule has 98 valence electrons. The van der Waals surface area contributed by atoms with Gasteiger partial charge in [0.2, 0.25) is 0 Å². The first-order valence-electron chi connectivity index (χ1n) is 6.13. The molecule has 4 heteroatoms. The number of nitrogens with zero attached hydrogens (tertiary/aromatic N) is 1. The van der Waals surface area contributed by atoms with Gasteiger partial charge in [-0.15, -0.1) is 6.58 Å². The zero-order valence-electron chi connectivity index (χ0n) is 11.1. The number of ether oxygens (including phenoxy) is 1. The summed E-state index contributed by atoms with van der Waals surface area (Å²) in [7, 11) is 0. The average molecular weight is 241 g/mol. The van der Waals surface area contributed by atoms with Crippen molar-refractivity contribution < 1.29 is 14.6 Å². The number of carbonyl (C=O) groups is 1. The summed E-state index contributed by atoms with van der Waals surface area (Å²) in [6.45, 7) is 11.1. The minimum absolute atomic E-state index is 0.0860. The summed E-state index contributed by atoms with van der Waals surface area (Å²) in [4.78, 5) is 13.5. The molecule has 4 nitrogen and oxygen atoms in total. The first-order chi connectivity index (χ1) is 7.81. The number of amides is 1. The molecule has 0 aliphatic carbocycles. The van der Waals surface area contributed by atoms with Crippen molar-refractivity contribution >= 4 is 6.09 Å². The van der Waals surface area contributed by atoms with Crippen molar-refractivity contribution in [2.24, 2.45) is 0 Å². The molecular weight excluding hydrogens is 218 g/mol. The van der Waals surface area contributed by atoms with E-state index in [2.05, 4.69) is 13.5 Å². The smallest absolute Gasteiger partial charge is 0.411 e. The maximum Gasteiger partial charge on any atom is 0.411 e. The van der Waals surface area contributed by atoms with Gasteiger partial charge in [0.15, 0.2) is 0 Å². The topological polar surface area (TPSA) is 49.5 Å². The van der Waals surface area contributed by atoms with Gasteiger partial charge in [0, 0.05) is 0 Å².